The Balaban J connectivity index is 2.02. The Kier molecular flexibility index (Phi) is 3.22. The number of fused-ring (bicyclic) bond motifs is 1. The van der Waals surface area contributed by atoms with Crippen LogP contribution in [0.5, 0.6) is 0 Å². The zero-order chi connectivity index (χ0) is 13.7. The third-order valence-electron chi connectivity index (χ3n) is 4.39. The third-order valence-corrected chi connectivity index (χ3v) is 7.43. The van der Waals surface area contributed by atoms with Crippen molar-refractivity contribution in [2.75, 3.05) is 6.26 Å². The van der Waals surface area contributed by atoms with Crippen molar-refractivity contribution < 1.29 is 8.42 Å². The van der Waals surface area contributed by atoms with Gasteiger partial charge in [-0.25, -0.2) is 13.4 Å². The van der Waals surface area contributed by atoms with Gasteiger partial charge in [0.2, 0.25) is 0 Å². The molecule has 1 fully saturated rings. The highest BCUT2D eigenvalue weighted by molar-refractivity contribution is 7.91. The molecule has 2 atom stereocenters. The van der Waals surface area contributed by atoms with E-state index in [4.69, 9.17) is 10.7 Å². The lowest BCUT2D eigenvalue weighted by Crippen LogP contribution is -2.47. The van der Waals surface area contributed by atoms with Crippen LogP contribution in [0.1, 0.15) is 47.7 Å². The predicted molar refractivity (Wildman–Crippen MR) is 77.1 cm³/mol. The summed E-state index contributed by atoms with van der Waals surface area (Å²) >= 11 is 1.65. The minimum atomic E-state index is -3.12. The number of aryl methyl sites for hydroxylation is 2. The zero-order valence-corrected chi connectivity index (χ0v) is 12.8. The number of aromatic nitrogens is 1. The lowest BCUT2D eigenvalue weighted by Gasteiger charge is -2.27. The first-order valence-electron chi connectivity index (χ1n) is 6.88. The number of nitrogens with zero attached hydrogens (tertiary/aromatic N) is 1. The molecule has 2 aliphatic carbocycles. The van der Waals surface area contributed by atoms with E-state index in [0.717, 1.165) is 36.4 Å². The van der Waals surface area contributed by atoms with Gasteiger partial charge in [-0.05, 0) is 44.9 Å². The van der Waals surface area contributed by atoms with Crippen LogP contribution in [0.15, 0.2) is 0 Å². The van der Waals surface area contributed by atoms with Gasteiger partial charge >= 0.3 is 0 Å². The van der Waals surface area contributed by atoms with E-state index in [2.05, 4.69) is 0 Å². The number of nitrogens with two attached hydrogens (primary N) is 1. The minimum Gasteiger partial charge on any atom is -0.318 e. The summed E-state index contributed by atoms with van der Waals surface area (Å²) in [4.78, 5) is 6.02. The van der Waals surface area contributed by atoms with Crippen molar-refractivity contribution in [1.82, 2.24) is 4.98 Å². The molecular formula is C13H20N2O2S2. The first-order chi connectivity index (χ1) is 8.91. The molecule has 0 saturated heterocycles. The zero-order valence-electron chi connectivity index (χ0n) is 11.2. The molecule has 0 aliphatic heterocycles. The fraction of sp³-hybridized carbons (Fsp3) is 0.769. The van der Waals surface area contributed by atoms with Crippen molar-refractivity contribution >= 4 is 21.2 Å². The Morgan fingerprint density at radius 1 is 1.32 bits per heavy atom. The van der Waals surface area contributed by atoms with Crippen molar-refractivity contribution in [3.63, 3.8) is 0 Å². The molecule has 0 aromatic carbocycles. The summed E-state index contributed by atoms with van der Waals surface area (Å²) in [6.45, 7) is 0. The fourth-order valence-electron chi connectivity index (χ4n) is 3.39. The first-order valence-corrected chi connectivity index (χ1v) is 9.65. The average Bonchev–Trinajstić information content (AvgIpc) is 2.91. The molecule has 0 bridgehead atoms. The lowest BCUT2D eigenvalue weighted by molar-refractivity contribution is 0.448. The second kappa shape index (κ2) is 4.53. The van der Waals surface area contributed by atoms with Gasteiger partial charge in [-0.1, -0.05) is 0 Å². The average molecular weight is 300 g/mol. The summed E-state index contributed by atoms with van der Waals surface area (Å²) in [6.07, 6.45) is 8.07. The highest BCUT2D eigenvalue weighted by Gasteiger charge is 2.48. The van der Waals surface area contributed by atoms with Crippen LogP contribution < -0.4 is 5.73 Å². The minimum absolute atomic E-state index is 0.465. The molecule has 2 aliphatic rings. The van der Waals surface area contributed by atoms with Gasteiger partial charge in [-0.15, -0.1) is 11.3 Å². The van der Waals surface area contributed by atoms with Crippen LogP contribution in [0.2, 0.25) is 0 Å². The monoisotopic (exact) mass is 300 g/mol. The van der Waals surface area contributed by atoms with Crippen molar-refractivity contribution in [3.8, 4) is 0 Å². The molecule has 1 aromatic heterocycles. The standard InChI is InChI=1S/C13H20N2O2S2/c1-19(16,17)11-7-4-8-13(11,14)12-15-9-5-2-3-6-10(9)18-12/h11H,2-8,14H2,1H3. The highest BCUT2D eigenvalue weighted by atomic mass is 32.2. The Morgan fingerprint density at radius 3 is 2.74 bits per heavy atom. The van der Waals surface area contributed by atoms with E-state index in [-0.39, 0.29) is 0 Å². The van der Waals surface area contributed by atoms with E-state index in [1.165, 1.54) is 24.0 Å². The van der Waals surface area contributed by atoms with E-state index in [0.29, 0.717) is 6.42 Å². The lowest BCUT2D eigenvalue weighted by atomic mass is 9.99. The number of hydrogen-bond donors (Lipinski definition) is 1. The Bertz CT molecular complexity index is 570. The van der Waals surface area contributed by atoms with Crippen molar-refractivity contribution in [2.24, 2.45) is 5.73 Å². The maximum Gasteiger partial charge on any atom is 0.152 e. The molecule has 0 spiro atoms. The molecule has 1 heterocycles. The molecule has 3 rings (SSSR count). The first kappa shape index (κ1) is 13.5. The summed E-state index contributed by atoms with van der Waals surface area (Å²) in [5.74, 6) is 0. The van der Waals surface area contributed by atoms with Crippen LogP contribution in [-0.4, -0.2) is 24.9 Å². The van der Waals surface area contributed by atoms with Gasteiger partial charge in [0.05, 0.1) is 16.5 Å². The largest absolute Gasteiger partial charge is 0.318 e. The smallest absolute Gasteiger partial charge is 0.152 e. The molecular weight excluding hydrogens is 280 g/mol. The number of sulfone groups is 1. The van der Waals surface area contributed by atoms with Crippen LogP contribution in [0.3, 0.4) is 0 Å². The predicted octanol–water partition coefficient (Wildman–Crippen LogP) is 1.77. The molecule has 4 nitrogen and oxygen atoms in total. The molecule has 106 valence electrons. The maximum atomic E-state index is 12.0. The molecule has 0 radical (unpaired) electrons. The molecule has 1 saturated carbocycles. The summed E-state index contributed by atoms with van der Waals surface area (Å²) in [7, 11) is -3.12. The SMILES string of the molecule is CS(=O)(=O)C1CCCC1(N)c1nc2c(s1)CCCC2. The Labute approximate surface area is 118 Å². The molecule has 19 heavy (non-hydrogen) atoms. The van der Waals surface area contributed by atoms with Gasteiger partial charge in [0.1, 0.15) is 5.01 Å². The van der Waals surface area contributed by atoms with E-state index in [1.807, 2.05) is 0 Å². The van der Waals surface area contributed by atoms with Gasteiger partial charge in [0, 0.05) is 11.1 Å². The van der Waals surface area contributed by atoms with Crippen molar-refractivity contribution in [1.29, 1.82) is 0 Å². The highest BCUT2D eigenvalue weighted by Crippen LogP contribution is 2.43. The second-order valence-electron chi connectivity index (χ2n) is 5.85. The molecule has 6 heteroatoms. The van der Waals surface area contributed by atoms with Crippen LogP contribution in [0.25, 0.3) is 0 Å². The molecule has 2 N–H and O–H groups in total. The Morgan fingerprint density at radius 2 is 2.05 bits per heavy atom. The quantitative estimate of drug-likeness (QED) is 0.903. The third kappa shape index (κ3) is 2.23. The van der Waals surface area contributed by atoms with E-state index < -0.39 is 20.6 Å². The number of rotatable bonds is 2. The van der Waals surface area contributed by atoms with Gasteiger partial charge in [0.25, 0.3) is 0 Å². The molecule has 0 amide bonds. The topological polar surface area (TPSA) is 73.0 Å². The van der Waals surface area contributed by atoms with Gasteiger partial charge in [-0.2, -0.15) is 0 Å². The summed E-state index contributed by atoms with van der Waals surface area (Å²) < 4.78 is 23.9. The number of hydrogen-bond acceptors (Lipinski definition) is 5. The van der Waals surface area contributed by atoms with Crippen molar-refractivity contribution in [2.45, 2.75) is 55.7 Å². The van der Waals surface area contributed by atoms with Crippen molar-refractivity contribution in [3.05, 3.63) is 15.6 Å². The normalized spacial score (nSPS) is 31.4. The van der Waals surface area contributed by atoms with E-state index >= 15 is 0 Å². The summed E-state index contributed by atoms with van der Waals surface area (Å²) in [5.41, 5.74) is 6.90. The number of thiazole rings is 1. The van der Waals surface area contributed by atoms with Crippen LogP contribution in [-0.2, 0) is 28.2 Å². The fourth-order valence-corrected chi connectivity index (χ4v) is 6.39. The summed E-state index contributed by atoms with van der Waals surface area (Å²) in [5, 5.41) is 0.389. The van der Waals surface area contributed by atoms with E-state index in [9.17, 15) is 8.42 Å². The van der Waals surface area contributed by atoms with Gasteiger partial charge < -0.3 is 5.73 Å². The Hall–Kier alpha value is -0.460. The van der Waals surface area contributed by atoms with Gasteiger partial charge in [0.15, 0.2) is 9.84 Å². The maximum absolute atomic E-state index is 12.0. The van der Waals surface area contributed by atoms with Gasteiger partial charge in [-0.3, -0.25) is 0 Å². The van der Waals surface area contributed by atoms with E-state index in [1.54, 1.807) is 11.3 Å². The second-order valence-corrected chi connectivity index (χ2v) is 9.16. The van der Waals surface area contributed by atoms with Crippen LogP contribution >= 0.6 is 11.3 Å². The van der Waals surface area contributed by atoms with Crippen LogP contribution in [0, 0.1) is 0 Å². The molecule has 1 aromatic rings. The molecule has 2 unspecified atom stereocenters. The van der Waals surface area contributed by atoms with Crippen LogP contribution in [0.4, 0.5) is 0 Å². The summed E-state index contributed by atoms with van der Waals surface area (Å²) in [6, 6.07) is 0.